The van der Waals surface area contributed by atoms with E-state index in [9.17, 15) is 0 Å². The van der Waals surface area contributed by atoms with Crippen LogP contribution >= 0.6 is 0 Å². The molecule has 1 aromatic carbocycles. The van der Waals surface area contributed by atoms with E-state index < -0.39 is 0 Å². The summed E-state index contributed by atoms with van der Waals surface area (Å²) in [5.74, 6) is 1.65. The van der Waals surface area contributed by atoms with Gasteiger partial charge in [0.15, 0.2) is 0 Å². The number of hydrogen-bond acceptors (Lipinski definition) is 3. The second-order valence-corrected chi connectivity index (χ2v) is 5.48. The summed E-state index contributed by atoms with van der Waals surface area (Å²) in [7, 11) is 2.11. The number of benzene rings is 1. The predicted molar refractivity (Wildman–Crippen MR) is 80.6 cm³/mol. The Morgan fingerprint density at radius 2 is 1.95 bits per heavy atom. The van der Waals surface area contributed by atoms with Gasteiger partial charge in [-0.25, -0.2) is 4.99 Å². The zero-order valence-corrected chi connectivity index (χ0v) is 12.3. The summed E-state index contributed by atoms with van der Waals surface area (Å²) in [5.41, 5.74) is 2.66. The fourth-order valence-electron chi connectivity index (χ4n) is 2.18. The van der Waals surface area contributed by atoms with Gasteiger partial charge < -0.3 is 9.80 Å². The van der Waals surface area contributed by atoms with Gasteiger partial charge in [-0.1, -0.05) is 44.2 Å². The molecular formula is C16H23N3. The van der Waals surface area contributed by atoms with Crippen LogP contribution in [0.1, 0.15) is 26.3 Å². The Morgan fingerprint density at radius 1 is 1.26 bits per heavy atom. The quantitative estimate of drug-likeness (QED) is 0.827. The molecule has 0 bridgehead atoms. The number of hydrogen-bond donors (Lipinski definition) is 0. The smallest absolute Gasteiger partial charge is 0.130 e. The minimum absolute atomic E-state index is 0.537. The zero-order valence-electron chi connectivity index (χ0n) is 12.3. The van der Waals surface area contributed by atoms with Crippen molar-refractivity contribution in [3.63, 3.8) is 0 Å². The van der Waals surface area contributed by atoms with Crippen molar-refractivity contribution in [2.24, 2.45) is 10.9 Å². The molecule has 0 unspecified atom stereocenters. The number of nitrogens with zero attached hydrogens (tertiary/aromatic N) is 3. The minimum atomic E-state index is 0.537. The van der Waals surface area contributed by atoms with E-state index in [2.05, 4.69) is 66.9 Å². The summed E-state index contributed by atoms with van der Waals surface area (Å²) in [6.07, 6.45) is 1.97. The molecule has 1 aromatic rings. The Balaban J connectivity index is 2.10. The highest BCUT2D eigenvalue weighted by atomic mass is 15.4. The van der Waals surface area contributed by atoms with Gasteiger partial charge in [0.2, 0.25) is 0 Å². The summed E-state index contributed by atoms with van der Waals surface area (Å²) < 4.78 is 0. The van der Waals surface area contributed by atoms with Crippen LogP contribution in [0.25, 0.3) is 0 Å². The van der Waals surface area contributed by atoms with E-state index >= 15 is 0 Å². The molecule has 0 saturated carbocycles. The van der Waals surface area contributed by atoms with Gasteiger partial charge in [0, 0.05) is 13.6 Å². The van der Waals surface area contributed by atoms with Crippen LogP contribution in [0.2, 0.25) is 0 Å². The first-order valence-corrected chi connectivity index (χ1v) is 6.82. The lowest BCUT2D eigenvalue weighted by Crippen LogP contribution is -2.38. The molecule has 0 radical (unpaired) electrons. The highest BCUT2D eigenvalue weighted by molar-refractivity contribution is 5.58. The van der Waals surface area contributed by atoms with Crippen molar-refractivity contribution in [3.05, 3.63) is 47.3 Å². The molecule has 0 spiro atoms. The van der Waals surface area contributed by atoms with E-state index in [1.54, 1.807) is 0 Å². The van der Waals surface area contributed by atoms with Crippen molar-refractivity contribution in [1.29, 1.82) is 0 Å². The number of rotatable bonds is 3. The van der Waals surface area contributed by atoms with Crippen LogP contribution in [0, 0.1) is 5.92 Å². The van der Waals surface area contributed by atoms with Gasteiger partial charge in [0.1, 0.15) is 5.82 Å². The van der Waals surface area contributed by atoms with Crippen LogP contribution in [-0.2, 0) is 6.54 Å². The molecule has 0 fully saturated rings. The molecule has 1 aliphatic heterocycles. The van der Waals surface area contributed by atoms with E-state index in [1.807, 2.05) is 12.4 Å². The first-order valence-electron chi connectivity index (χ1n) is 6.82. The van der Waals surface area contributed by atoms with E-state index in [4.69, 9.17) is 0 Å². The lowest BCUT2D eigenvalue weighted by molar-refractivity contribution is 0.244. The topological polar surface area (TPSA) is 18.8 Å². The minimum Gasteiger partial charge on any atom is -0.342 e. The first-order chi connectivity index (χ1) is 9.08. The Labute approximate surface area is 116 Å². The fourth-order valence-corrected chi connectivity index (χ4v) is 2.18. The molecule has 0 aliphatic carbocycles. The van der Waals surface area contributed by atoms with Gasteiger partial charge >= 0.3 is 0 Å². The zero-order chi connectivity index (χ0) is 13.8. The maximum atomic E-state index is 4.62. The average molecular weight is 257 g/mol. The third kappa shape index (κ3) is 3.37. The Kier molecular flexibility index (Phi) is 4.25. The molecule has 0 amide bonds. The van der Waals surface area contributed by atoms with Gasteiger partial charge in [-0.2, -0.15) is 0 Å². The van der Waals surface area contributed by atoms with Crippen molar-refractivity contribution < 1.29 is 0 Å². The Bertz CT molecular complexity index is 474. The maximum absolute atomic E-state index is 4.62. The van der Waals surface area contributed by atoms with Crippen LogP contribution in [0.4, 0.5) is 0 Å². The van der Waals surface area contributed by atoms with Crippen molar-refractivity contribution in [3.8, 4) is 0 Å². The molecule has 1 heterocycles. The standard InChI is InChI=1S/C16H23N3/c1-13(2)14(3)16-17-11-19(12-18(16)4)10-15-8-6-5-7-9-15/h5-9,11,13H,10,12H2,1-4H3/b16-14+. The molecule has 0 N–H and O–H groups in total. The number of allylic oxidation sites excluding steroid dienone is 1. The van der Waals surface area contributed by atoms with Crippen molar-refractivity contribution in [2.45, 2.75) is 27.3 Å². The van der Waals surface area contributed by atoms with E-state index in [1.165, 1.54) is 11.1 Å². The summed E-state index contributed by atoms with van der Waals surface area (Å²) >= 11 is 0. The summed E-state index contributed by atoms with van der Waals surface area (Å²) in [6, 6.07) is 10.5. The monoisotopic (exact) mass is 257 g/mol. The van der Waals surface area contributed by atoms with Crippen molar-refractivity contribution in [1.82, 2.24) is 9.80 Å². The molecule has 102 valence electrons. The second kappa shape index (κ2) is 5.91. The second-order valence-electron chi connectivity index (χ2n) is 5.48. The molecule has 1 aliphatic rings. The van der Waals surface area contributed by atoms with Gasteiger partial charge in [-0.15, -0.1) is 0 Å². The molecule has 0 aromatic heterocycles. The first kappa shape index (κ1) is 13.7. The van der Waals surface area contributed by atoms with Crippen molar-refractivity contribution >= 4 is 6.34 Å². The summed E-state index contributed by atoms with van der Waals surface area (Å²) in [4.78, 5) is 9.06. The van der Waals surface area contributed by atoms with Gasteiger partial charge in [-0.05, 0) is 24.0 Å². The highest BCUT2D eigenvalue weighted by Gasteiger charge is 2.16. The fraction of sp³-hybridized carbons (Fsp3) is 0.438. The van der Waals surface area contributed by atoms with Crippen LogP contribution in [-0.4, -0.2) is 29.9 Å². The van der Waals surface area contributed by atoms with Gasteiger partial charge in [-0.3, -0.25) is 0 Å². The van der Waals surface area contributed by atoms with Gasteiger partial charge in [0.05, 0.1) is 13.0 Å². The summed E-state index contributed by atoms with van der Waals surface area (Å²) in [5, 5.41) is 0. The Hall–Kier alpha value is -1.77. The van der Waals surface area contributed by atoms with Crippen LogP contribution in [0.3, 0.4) is 0 Å². The van der Waals surface area contributed by atoms with E-state index in [0.717, 1.165) is 19.0 Å². The molecular weight excluding hydrogens is 234 g/mol. The SMILES string of the molecule is C/C(=C1/N=CN(Cc2ccccc2)CN1C)C(C)C. The Morgan fingerprint density at radius 3 is 2.53 bits per heavy atom. The van der Waals surface area contributed by atoms with Crippen LogP contribution in [0.5, 0.6) is 0 Å². The molecule has 3 nitrogen and oxygen atoms in total. The summed E-state index contributed by atoms with van der Waals surface area (Å²) in [6.45, 7) is 8.38. The third-order valence-electron chi connectivity index (χ3n) is 3.55. The van der Waals surface area contributed by atoms with Crippen LogP contribution < -0.4 is 0 Å². The molecule has 2 rings (SSSR count). The van der Waals surface area contributed by atoms with Crippen LogP contribution in [0.15, 0.2) is 46.7 Å². The van der Waals surface area contributed by atoms with Gasteiger partial charge in [0.25, 0.3) is 0 Å². The third-order valence-corrected chi connectivity index (χ3v) is 3.55. The molecule has 0 saturated heterocycles. The lowest BCUT2D eigenvalue weighted by Gasteiger charge is -2.33. The molecule has 19 heavy (non-hydrogen) atoms. The van der Waals surface area contributed by atoms with E-state index in [0.29, 0.717) is 5.92 Å². The highest BCUT2D eigenvalue weighted by Crippen LogP contribution is 2.20. The molecule has 3 heteroatoms. The predicted octanol–water partition coefficient (Wildman–Crippen LogP) is 3.31. The average Bonchev–Trinajstić information content (AvgIpc) is 2.39. The normalized spacial score (nSPS) is 18.2. The lowest BCUT2D eigenvalue weighted by atomic mass is 10.1. The largest absolute Gasteiger partial charge is 0.342 e. The maximum Gasteiger partial charge on any atom is 0.130 e. The van der Waals surface area contributed by atoms with E-state index in [-0.39, 0.29) is 0 Å². The van der Waals surface area contributed by atoms with Crippen molar-refractivity contribution in [2.75, 3.05) is 13.7 Å². The molecule has 0 atom stereocenters. The number of aliphatic imine (C=N–C) groups is 1.